The molecule has 5 unspecified atom stereocenters. The zero-order valence-electron chi connectivity index (χ0n) is 17.9. The molecular weight excluding hydrogens is 434 g/mol. The zero-order chi connectivity index (χ0) is 23.2. The van der Waals surface area contributed by atoms with E-state index in [1.54, 1.807) is 6.07 Å². The lowest BCUT2D eigenvalue weighted by Crippen LogP contribution is -2.66. The number of aromatic hydroxyl groups is 1. The Morgan fingerprint density at radius 3 is 2.73 bits per heavy atom. The Morgan fingerprint density at radius 1 is 1.18 bits per heavy atom. The van der Waals surface area contributed by atoms with Gasteiger partial charge in [0.1, 0.15) is 30.5 Å². The van der Waals surface area contributed by atoms with Crippen LogP contribution >= 0.6 is 0 Å². The number of ether oxygens (including phenoxy) is 3. The summed E-state index contributed by atoms with van der Waals surface area (Å²) in [5.41, 5.74) is 1.69. The number of hydrogen-bond acceptors (Lipinski definition) is 9. The average Bonchev–Trinajstić information content (AvgIpc) is 3.14. The van der Waals surface area contributed by atoms with Crippen molar-refractivity contribution in [3.05, 3.63) is 35.4 Å². The molecule has 2 fully saturated rings. The molecule has 0 amide bonds. The maximum absolute atomic E-state index is 11.5. The second-order valence-corrected chi connectivity index (χ2v) is 9.78. The summed E-state index contributed by atoms with van der Waals surface area (Å²) in [6.45, 7) is 0.838. The van der Waals surface area contributed by atoms with Gasteiger partial charge in [-0.15, -0.1) is 0 Å². The molecule has 3 aliphatic heterocycles. The van der Waals surface area contributed by atoms with Crippen LogP contribution in [0.3, 0.4) is 0 Å². The van der Waals surface area contributed by atoms with E-state index >= 15 is 0 Å². The number of likely N-dealkylation sites (tertiary alicyclic amines) is 1. The quantitative estimate of drug-likeness (QED) is 0.359. The summed E-state index contributed by atoms with van der Waals surface area (Å²) in [5.74, 6) is -0.824. The molecule has 178 valence electrons. The van der Waals surface area contributed by atoms with Crippen molar-refractivity contribution in [3.8, 4) is 11.5 Å². The normalized spacial score (nSPS) is 45.4. The third-order valence-corrected chi connectivity index (χ3v) is 8.23. The number of hydrogen-bond donors (Lipinski definition) is 5. The number of carboxylic acids is 1. The molecule has 1 aromatic carbocycles. The molecule has 2 bridgehead atoms. The Morgan fingerprint density at radius 2 is 1.97 bits per heavy atom. The highest BCUT2D eigenvalue weighted by atomic mass is 16.7. The van der Waals surface area contributed by atoms with Crippen LogP contribution in [-0.2, 0) is 26.1 Å². The van der Waals surface area contributed by atoms with Crippen molar-refractivity contribution >= 4 is 5.97 Å². The predicted molar refractivity (Wildman–Crippen MR) is 111 cm³/mol. The van der Waals surface area contributed by atoms with Crippen molar-refractivity contribution in [2.45, 2.75) is 67.2 Å². The monoisotopic (exact) mass is 461 g/mol. The lowest BCUT2D eigenvalue weighted by Gasteiger charge is -2.57. The van der Waals surface area contributed by atoms with E-state index in [2.05, 4.69) is 18.0 Å². The topological polar surface area (TPSA) is 149 Å². The van der Waals surface area contributed by atoms with Crippen LogP contribution in [0.4, 0.5) is 0 Å². The third-order valence-electron chi connectivity index (χ3n) is 8.23. The lowest BCUT2D eigenvalue weighted by atomic mass is 9.53. The van der Waals surface area contributed by atoms with Crippen LogP contribution in [-0.4, -0.2) is 98.9 Å². The first-order valence-electron chi connectivity index (χ1n) is 11.2. The molecule has 10 heteroatoms. The van der Waals surface area contributed by atoms with Gasteiger partial charge < -0.3 is 44.6 Å². The molecule has 2 aliphatic carbocycles. The van der Waals surface area contributed by atoms with Gasteiger partial charge in [0.15, 0.2) is 23.9 Å². The standard InChI is InChI=1S/C23H27NO9/c1-24-7-6-23-10-3-5-13(31-22-17(28)15(26)16(27)19(33-22)21(29)30)20(23)32-18-12(25)4-2-9(14(18)23)8-11(10)24/h2-5,10-11,13,15-17,19-20,22,25-28H,6-8H2,1H3,(H,29,30)/t10?,11?,13?,15-,16-,17+,19-,20?,22+,23?/m0/s1. The third kappa shape index (κ3) is 2.73. The first-order chi connectivity index (χ1) is 15.7. The van der Waals surface area contributed by atoms with E-state index in [0.717, 1.165) is 30.5 Å². The van der Waals surface area contributed by atoms with Gasteiger partial charge in [-0.05, 0) is 38.1 Å². The van der Waals surface area contributed by atoms with Crippen LogP contribution in [0.1, 0.15) is 17.5 Å². The molecule has 33 heavy (non-hydrogen) atoms. The predicted octanol–water partition coefficient (Wildman–Crippen LogP) is -0.885. The maximum atomic E-state index is 11.5. The molecule has 2 saturated heterocycles. The van der Waals surface area contributed by atoms with Gasteiger partial charge >= 0.3 is 5.97 Å². The van der Waals surface area contributed by atoms with Gasteiger partial charge in [0, 0.05) is 22.9 Å². The molecule has 5 N–H and O–H groups in total. The Labute approximate surface area is 189 Å². The van der Waals surface area contributed by atoms with Gasteiger partial charge in [-0.25, -0.2) is 4.79 Å². The van der Waals surface area contributed by atoms with Crippen molar-refractivity contribution < 1.29 is 44.5 Å². The summed E-state index contributed by atoms with van der Waals surface area (Å²) >= 11 is 0. The number of carbonyl (C=O) groups is 1. The fraction of sp³-hybridized carbons (Fsp3) is 0.609. The molecule has 0 radical (unpaired) electrons. The molecule has 3 heterocycles. The van der Waals surface area contributed by atoms with Gasteiger partial charge in [-0.2, -0.15) is 0 Å². The Bertz CT molecular complexity index is 1030. The first kappa shape index (κ1) is 21.3. The maximum Gasteiger partial charge on any atom is 0.335 e. The number of aliphatic carboxylic acids is 1. The number of likely N-dealkylation sites (N-methyl/N-ethyl adjacent to an activating group) is 1. The highest BCUT2D eigenvalue weighted by Crippen LogP contribution is 2.62. The number of nitrogens with zero attached hydrogens (tertiary/aromatic N) is 1. The van der Waals surface area contributed by atoms with E-state index in [9.17, 15) is 30.3 Å². The zero-order valence-corrected chi connectivity index (χ0v) is 17.9. The molecule has 10 nitrogen and oxygen atoms in total. The number of carboxylic acid groups (broad SMARTS) is 1. The number of rotatable bonds is 3. The molecule has 0 saturated carbocycles. The highest BCUT2D eigenvalue weighted by Gasteiger charge is 2.65. The van der Waals surface area contributed by atoms with Crippen LogP contribution in [0.15, 0.2) is 24.3 Å². The molecule has 6 rings (SSSR count). The van der Waals surface area contributed by atoms with Crippen molar-refractivity contribution in [2.24, 2.45) is 5.92 Å². The summed E-state index contributed by atoms with van der Waals surface area (Å²) in [4.78, 5) is 13.8. The Kier molecular flexibility index (Phi) is 4.62. The van der Waals surface area contributed by atoms with E-state index in [0.29, 0.717) is 5.75 Å². The minimum Gasteiger partial charge on any atom is -0.504 e. The number of piperidine rings is 1. The Balaban J connectivity index is 1.38. The van der Waals surface area contributed by atoms with Gasteiger partial charge in [-0.3, -0.25) is 0 Å². The lowest BCUT2D eigenvalue weighted by molar-refractivity contribution is -0.307. The second-order valence-electron chi connectivity index (χ2n) is 9.78. The SMILES string of the molecule is CN1CCC23c4c5ccc(O)c4OC2C(O[C@@H]2O[C@H](C(=O)O)[C@@H](O)[C@H](O)[C@H]2O)C=CC3C1C5. The molecule has 0 aromatic heterocycles. The summed E-state index contributed by atoms with van der Waals surface area (Å²) in [7, 11) is 2.11. The average molecular weight is 461 g/mol. The van der Waals surface area contributed by atoms with Crippen LogP contribution in [0.2, 0.25) is 0 Å². The molecule has 1 spiro atoms. The number of phenolic OH excluding ortho intramolecular Hbond substituents is 1. The van der Waals surface area contributed by atoms with E-state index < -0.39 is 54.3 Å². The van der Waals surface area contributed by atoms with Crippen molar-refractivity contribution in [2.75, 3.05) is 13.6 Å². The van der Waals surface area contributed by atoms with Crippen molar-refractivity contribution in [1.82, 2.24) is 4.90 Å². The minimum absolute atomic E-state index is 0.0610. The molecule has 10 atom stereocenters. The van der Waals surface area contributed by atoms with Crippen LogP contribution in [0.25, 0.3) is 0 Å². The van der Waals surface area contributed by atoms with Crippen LogP contribution in [0.5, 0.6) is 11.5 Å². The fourth-order valence-corrected chi connectivity index (χ4v) is 6.66. The van der Waals surface area contributed by atoms with E-state index in [1.807, 2.05) is 12.1 Å². The van der Waals surface area contributed by atoms with Gasteiger partial charge in [-0.1, -0.05) is 18.2 Å². The van der Waals surface area contributed by atoms with Crippen LogP contribution in [0, 0.1) is 5.92 Å². The van der Waals surface area contributed by atoms with Crippen molar-refractivity contribution in [1.29, 1.82) is 0 Å². The van der Waals surface area contributed by atoms with Crippen molar-refractivity contribution in [3.63, 3.8) is 0 Å². The summed E-state index contributed by atoms with van der Waals surface area (Å²) in [6, 6.07) is 3.85. The summed E-state index contributed by atoms with van der Waals surface area (Å²) in [6.07, 6.45) is -4.16. The summed E-state index contributed by atoms with van der Waals surface area (Å²) in [5, 5.41) is 50.5. The van der Waals surface area contributed by atoms with E-state index in [-0.39, 0.29) is 17.7 Å². The number of phenols is 1. The van der Waals surface area contributed by atoms with Gasteiger partial charge in [0.2, 0.25) is 0 Å². The van der Waals surface area contributed by atoms with E-state index in [4.69, 9.17) is 14.2 Å². The van der Waals surface area contributed by atoms with Gasteiger partial charge in [0.25, 0.3) is 0 Å². The summed E-state index contributed by atoms with van der Waals surface area (Å²) < 4.78 is 17.7. The van der Waals surface area contributed by atoms with Crippen LogP contribution < -0.4 is 4.74 Å². The minimum atomic E-state index is -1.79. The fourth-order valence-electron chi connectivity index (χ4n) is 6.66. The number of aliphatic hydroxyl groups excluding tert-OH is 3. The van der Waals surface area contributed by atoms with Gasteiger partial charge in [0.05, 0.1) is 0 Å². The molecule has 5 aliphatic rings. The second kappa shape index (κ2) is 7.14. The number of aliphatic hydroxyl groups is 3. The highest BCUT2D eigenvalue weighted by molar-refractivity contribution is 5.73. The first-order valence-corrected chi connectivity index (χ1v) is 11.2. The van der Waals surface area contributed by atoms with E-state index in [1.165, 1.54) is 0 Å². The smallest absolute Gasteiger partial charge is 0.335 e. The largest absolute Gasteiger partial charge is 0.504 e. The number of benzene rings is 1. The molecule has 1 aromatic rings. The molecular formula is C23H27NO9. The Hall–Kier alpha value is -2.21.